The molecule has 0 bridgehead atoms. The first-order valence-corrected chi connectivity index (χ1v) is 8.94. The molecular formula is C14H21N3O4S. The van der Waals surface area contributed by atoms with E-state index < -0.39 is 16.0 Å². The van der Waals surface area contributed by atoms with Crippen molar-refractivity contribution in [2.45, 2.75) is 17.7 Å². The highest BCUT2D eigenvalue weighted by Crippen LogP contribution is 2.30. The highest BCUT2D eigenvalue weighted by atomic mass is 32.2. The number of carboxylic acid groups (broad SMARTS) is 1. The Bertz CT molecular complexity index is 670. The van der Waals surface area contributed by atoms with E-state index in [0.717, 1.165) is 25.6 Å². The van der Waals surface area contributed by atoms with Gasteiger partial charge in [0.2, 0.25) is 10.0 Å². The lowest BCUT2D eigenvalue weighted by atomic mass is 10.3. The fourth-order valence-electron chi connectivity index (χ4n) is 2.86. The fourth-order valence-corrected chi connectivity index (χ4v) is 4.35. The van der Waals surface area contributed by atoms with E-state index in [2.05, 4.69) is 4.90 Å². The molecule has 122 valence electrons. The molecule has 1 aromatic rings. The van der Waals surface area contributed by atoms with Crippen LogP contribution in [-0.4, -0.2) is 66.0 Å². The summed E-state index contributed by atoms with van der Waals surface area (Å²) >= 11 is 0. The predicted octanol–water partition coefficient (Wildman–Crippen LogP) is 0.440. The summed E-state index contributed by atoms with van der Waals surface area (Å²) in [6.07, 6.45) is 3.95. The maximum absolute atomic E-state index is 12.6. The van der Waals surface area contributed by atoms with Gasteiger partial charge < -0.3 is 14.6 Å². The summed E-state index contributed by atoms with van der Waals surface area (Å²) in [6, 6.07) is 1.23. The molecule has 0 spiro atoms. The van der Waals surface area contributed by atoms with Gasteiger partial charge in [0.15, 0.2) is 0 Å². The lowest BCUT2D eigenvalue weighted by Crippen LogP contribution is -2.48. The second-order valence-corrected chi connectivity index (χ2v) is 8.06. The molecule has 1 aliphatic carbocycles. The molecule has 0 unspecified atom stereocenters. The minimum absolute atomic E-state index is 0.0223. The van der Waals surface area contributed by atoms with Gasteiger partial charge in [0.25, 0.3) is 0 Å². The van der Waals surface area contributed by atoms with Crippen LogP contribution in [0.4, 0.5) is 0 Å². The quantitative estimate of drug-likeness (QED) is 0.848. The van der Waals surface area contributed by atoms with Crippen LogP contribution in [0.1, 0.15) is 23.3 Å². The van der Waals surface area contributed by atoms with Gasteiger partial charge in [0.05, 0.1) is 0 Å². The van der Waals surface area contributed by atoms with Gasteiger partial charge in [-0.3, -0.25) is 0 Å². The highest BCUT2D eigenvalue weighted by Gasteiger charge is 2.32. The van der Waals surface area contributed by atoms with Crippen molar-refractivity contribution < 1.29 is 18.3 Å². The van der Waals surface area contributed by atoms with Crippen molar-refractivity contribution in [1.29, 1.82) is 0 Å². The molecule has 1 aliphatic heterocycles. The number of carboxylic acids is 1. The van der Waals surface area contributed by atoms with Crippen molar-refractivity contribution in [2.75, 3.05) is 32.7 Å². The molecule has 22 heavy (non-hydrogen) atoms. The molecule has 0 radical (unpaired) electrons. The Labute approximate surface area is 130 Å². The first kappa shape index (κ1) is 15.5. The van der Waals surface area contributed by atoms with Crippen LogP contribution in [0.25, 0.3) is 0 Å². The molecule has 7 nitrogen and oxygen atoms in total. The van der Waals surface area contributed by atoms with Crippen molar-refractivity contribution in [3.8, 4) is 0 Å². The number of aromatic nitrogens is 1. The third kappa shape index (κ3) is 3.04. The Morgan fingerprint density at radius 2 is 1.91 bits per heavy atom. The number of aromatic carboxylic acids is 1. The summed E-state index contributed by atoms with van der Waals surface area (Å²) in [5, 5.41) is 9.04. The van der Waals surface area contributed by atoms with Gasteiger partial charge in [0.1, 0.15) is 10.6 Å². The van der Waals surface area contributed by atoms with Gasteiger partial charge in [-0.2, -0.15) is 4.31 Å². The average molecular weight is 327 g/mol. The molecule has 8 heteroatoms. The maximum Gasteiger partial charge on any atom is 0.352 e. The Morgan fingerprint density at radius 1 is 1.27 bits per heavy atom. The summed E-state index contributed by atoms with van der Waals surface area (Å²) in [5.74, 6) is -0.325. The van der Waals surface area contributed by atoms with Crippen molar-refractivity contribution in [1.82, 2.24) is 13.8 Å². The topological polar surface area (TPSA) is 82.9 Å². The van der Waals surface area contributed by atoms with Gasteiger partial charge in [-0.15, -0.1) is 0 Å². The molecular weight excluding hydrogens is 306 g/mol. The van der Waals surface area contributed by atoms with E-state index in [-0.39, 0.29) is 10.6 Å². The summed E-state index contributed by atoms with van der Waals surface area (Å²) in [7, 11) is -2.07. The largest absolute Gasteiger partial charge is 0.477 e. The second-order valence-electron chi connectivity index (χ2n) is 6.13. The van der Waals surface area contributed by atoms with Crippen LogP contribution < -0.4 is 0 Å². The zero-order valence-corrected chi connectivity index (χ0v) is 13.4. The normalized spacial score (nSPS) is 21.1. The zero-order valence-electron chi connectivity index (χ0n) is 12.6. The third-order valence-electron chi connectivity index (χ3n) is 4.38. The number of nitrogens with zero attached hydrogens (tertiary/aromatic N) is 3. The molecule has 1 aromatic heterocycles. The van der Waals surface area contributed by atoms with E-state index in [1.807, 2.05) is 0 Å². The number of rotatable bonds is 5. The Kier molecular flexibility index (Phi) is 4.00. The van der Waals surface area contributed by atoms with Crippen LogP contribution >= 0.6 is 0 Å². The summed E-state index contributed by atoms with van der Waals surface area (Å²) < 4.78 is 28.0. The lowest BCUT2D eigenvalue weighted by molar-refractivity contribution is 0.0686. The van der Waals surface area contributed by atoms with Crippen molar-refractivity contribution >= 4 is 16.0 Å². The number of piperazine rings is 1. The molecule has 2 fully saturated rings. The minimum atomic E-state index is -3.61. The van der Waals surface area contributed by atoms with Crippen molar-refractivity contribution in [2.24, 2.45) is 13.0 Å². The van der Waals surface area contributed by atoms with E-state index in [9.17, 15) is 13.2 Å². The zero-order chi connectivity index (χ0) is 15.9. The molecule has 3 rings (SSSR count). The van der Waals surface area contributed by atoms with Crippen LogP contribution in [0.15, 0.2) is 17.2 Å². The fraction of sp³-hybridized carbons (Fsp3) is 0.643. The SMILES string of the molecule is Cn1cc(S(=O)(=O)N2CCN(CC3CC3)CC2)cc1C(=O)O. The summed E-state index contributed by atoms with van der Waals surface area (Å²) in [5.41, 5.74) is -0.0223. The number of sulfonamides is 1. The second kappa shape index (κ2) is 5.68. The molecule has 2 heterocycles. The van der Waals surface area contributed by atoms with Crippen molar-refractivity contribution in [3.63, 3.8) is 0 Å². The smallest absolute Gasteiger partial charge is 0.352 e. The van der Waals surface area contributed by atoms with Gasteiger partial charge in [-0.05, 0) is 24.8 Å². The number of hydrogen-bond acceptors (Lipinski definition) is 4. The molecule has 2 aliphatic rings. The van der Waals surface area contributed by atoms with Gasteiger partial charge >= 0.3 is 5.97 Å². The number of carbonyl (C=O) groups is 1. The Hall–Kier alpha value is -1.38. The van der Waals surface area contributed by atoms with Crippen LogP contribution in [0.3, 0.4) is 0 Å². The molecule has 0 amide bonds. The lowest BCUT2D eigenvalue weighted by Gasteiger charge is -2.33. The third-order valence-corrected chi connectivity index (χ3v) is 6.25. The molecule has 0 aromatic carbocycles. The van der Waals surface area contributed by atoms with E-state index in [1.165, 1.54) is 41.0 Å². The standard InChI is InChI=1S/C14H21N3O4S/c1-15-10-12(8-13(15)14(18)19)22(20,21)17-6-4-16(5-7-17)9-11-2-3-11/h8,10-11H,2-7,9H2,1H3,(H,18,19). The maximum atomic E-state index is 12.6. The van der Waals surface area contributed by atoms with E-state index in [0.29, 0.717) is 13.1 Å². The summed E-state index contributed by atoms with van der Waals surface area (Å²) in [4.78, 5) is 13.4. The minimum Gasteiger partial charge on any atom is -0.477 e. The average Bonchev–Trinajstić information content (AvgIpc) is 3.18. The molecule has 0 atom stereocenters. The molecule has 1 saturated heterocycles. The van der Waals surface area contributed by atoms with Crippen molar-refractivity contribution in [3.05, 3.63) is 18.0 Å². The van der Waals surface area contributed by atoms with E-state index >= 15 is 0 Å². The molecule has 1 saturated carbocycles. The Balaban J connectivity index is 1.70. The van der Waals surface area contributed by atoms with E-state index in [4.69, 9.17) is 5.11 Å². The number of hydrogen-bond donors (Lipinski definition) is 1. The first-order chi connectivity index (χ1) is 10.4. The monoisotopic (exact) mass is 327 g/mol. The Morgan fingerprint density at radius 3 is 2.41 bits per heavy atom. The highest BCUT2D eigenvalue weighted by molar-refractivity contribution is 7.89. The van der Waals surface area contributed by atoms with Crippen LogP contribution in [0.5, 0.6) is 0 Å². The predicted molar refractivity (Wildman–Crippen MR) is 80.3 cm³/mol. The first-order valence-electron chi connectivity index (χ1n) is 7.50. The van der Waals surface area contributed by atoms with Crippen LogP contribution in [0.2, 0.25) is 0 Å². The number of aryl methyl sites for hydroxylation is 1. The van der Waals surface area contributed by atoms with Crippen LogP contribution in [-0.2, 0) is 17.1 Å². The molecule has 1 N–H and O–H groups in total. The van der Waals surface area contributed by atoms with E-state index in [1.54, 1.807) is 0 Å². The van der Waals surface area contributed by atoms with Gasteiger partial charge in [0, 0.05) is 46.0 Å². The van der Waals surface area contributed by atoms with Gasteiger partial charge in [-0.1, -0.05) is 0 Å². The van der Waals surface area contributed by atoms with Gasteiger partial charge in [-0.25, -0.2) is 13.2 Å². The summed E-state index contributed by atoms with van der Waals surface area (Å²) in [6.45, 7) is 3.49. The van der Waals surface area contributed by atoms with Crippen LogP contribution in [0, 0.1) is 5.92 Å².